The Morgan fingerprint density at radius 1 is 1.36 bits per heavy atom. The van der Waals surface area contributed by atoms with Gasteiger partial charge in [0.05, 0.1) is 15.6 Å². The van der Waals surface area contributed by atoms with Crippen LogP contribution in [0.15, 0.2) is 18.2 Å². The van der Waals surface area contributed by atoms with Crippen molar-refractivity contribution in [2.45, 2.75) is 26.2 Å². The predicted octanol–water partition coefficient (Wildman–Crippen LogP) is 2.96. The third-order valence-corrected chi connectivity index (χ3v) is 4.72. The summed E-state index contributed by atoms with van der Waals surface area (Å²) in [6, 6.07) is 4.48. The number of nitro benzene ring substituents is 1. The van der Waals surface area contributed by atoms with Gasteiger partial charge < -0.3 is 15.1 Å². The number of nitrogens with one attached hydrogen (secondary N) is 1. The predicted molar refractivity (Wildman–Crippen MR) is 102 cm³/mol. The Balaban J connectivity index is 1.90. The number of thiocarbonyl (C=S) groups is 1. The first kappa shape index (κ1) is 19.4. The van der Waals surface area contributed by atoms with Crippen LogP contribution in [-0.4, -0.2) is 47.0 Å². The molecule has 0 aromatic heterocycles. The number of carbonyl (C=O) groups excluding carboxylic acids is 1. The molecular formula is C16H21ClN4O3S. The number of anilines is 1. The van der Waals surface area contributed by atoms with E-state index in [4.69, 9.17) is 23.8 Å². The lowest BCUT2D eigenvalue weighted by molar-refractivity contribution is -0.384. The number of hydrogen-bond acceptors (Lipinski definition) is 5. The second-order valence-corrected chi connectivity index (χ2v) is 6.62. The van der Waals surface area contributed by atoms with E-state index in [0.29, 0.717) is 42.7 Å². The molecule has 0 saturated carbocycles. The van der Waals surface area contributed by atoms with Crippen LogP contribution in [-0.2, 0) is 4.79 Å². The Hall–Kier alpha value is -1.93. The molecule has 0 spiro atoms. The zero-order valence-corrected chi connectivity index (χ0v) is 15.6. The Bertz CT molecular complexity index is 663. The van der Waals surface area contributed by atoms with Crippen molar-refractivity contribution >= 4 is 46.2 Å². The van der Waals surface area contributed by atoms with E-state index in [9.17, 15) is 14.9 Å². The van der Waals surface area contributed by atoms with Crippen LogP contribution >= 0.6 is 23.8 Å². The monoisotopic (exact) mass is 384 g/mol. The number of non-ortho nitro benzene ring substituents is 1. The van der Waals surface area contributed by atoms with Crippen LogP contribution < -0.4 is 10.2 Å². The fraction of sp³-hybridized carbons (Fsp3) is 0.500. The van der Waals surface area contributed by atoms with E-state index in [2.05, 4.69) is 10.2 Å². The lowest BCUT2D eigenvalue weighted by Crippen LogP contribution is -2.52. The molecule has 1 fully saturated rings. The number of rotatable bonds is 5. The first-order valence-corrected chi connectivity index (χ1v) is 8.98. The molecule has 25 heavy (non-hydrogen) atoms. The van der Waals surface area contributed by atoms with Crippen molar-refractivity contribution in [3.63, 3.8) is 0 Å². The van der Waals surface area contributed by atoms with Gasteiger partial charge in [-0.15, -0.1) is 0 Å². The van der Waals surface area contributed by atoms with Crippen molar-refractivity contribution < 1.29 is 9.72 Å². The molecule has 136 valence electrons. The quantitative estimate of drug-likeness (QED) is 0.477. The largest absolute Gasteiger partial charge is 0.367 e. The average Bonchev–Trinajstić information content (AvgIpc) is 2.60. The van der Waals surface area contributed by atoms with Crippen LogP contribution in [0.1, 0.15) is 26.2 Å². The van der Waals surface area contributed by atoms with Crippen molar-refractivity contribution in [3.8, 4) is 0 Å². The molecule has 1 aliphatic rings. The lowest BCUT2D eigenvalue weighted by atomic mass is 10.2. The molecule has 7 nitrogen and oxygen atoms in total. The molecule has 1 N–H and O–H groups in total. The highest BCUT2D eigenvalue weighted by Gasteiger charge is 2.22. The van der Waals surface area contributed by atoms with Gasteiger partial charge in [-0.25, -0.2) is 0 Å². The number of halogens is 1. The van der Waals surface area contributed by atoms with Crippen molar-refractivity contribution in [2.75, 3.05) is 31.1 Å². The molecule has 2 rings (SSSR count). The van der Waals surface area contributed by atoms with E-state index in [1.807, 2.05) is 11.8 Å². The number of hydrogen-bond donors (Lipinski definition) is 1. The molecule has 1 heterocycles. The van der Waals surface area contributed by atoms with Gasteiger partial charge >= 0.3 is 0 Å². The maximum absolute atomic E-state index is 11.8. The van der Waals surface area contributed by atoms with Crippen LogP contribution in [0.4, 0.5) is 11.4 Å². The summed E-state index contributed by atoms with van der Waals surface area (Å²) < 4.78 is 0. The third-order valence-electron chi connectivity index (χ3n) is 4.05. The van der Waals surface area contributed by atoms with Gasteiger partial charge in [0, 0.05) is 44.7 Å². The van der Waals surface area contributed by atoms with Gasteiger partial charge in [0.2, 0.25) is 5.91 Å². The molecule has 1 aromatic carbocycles. The molecule has 1 aliphatic heterocycles. The number of amides is 1. The summed E-state index contributed by atoms with van der Waals surface area (Å²) in [6.07, 6.45) is 2.30. The van der Waals surface area contributed by atoms with E-state index in [0.717, 1.165) is 18.5 Å². The van der Waals surface area contributed by atoms with E-state index in [1.54, 1.807) is 6.07 Å². The second kappa shape index (κ2) is 8.96. The summed E-state index contributed by atoms with van der Waals surface area (Å²) in [7, 11) is 0. The Kier molecular flexibility index (Phi) is 6.95. The molecule has 0 atom stereocenters. The van der Waals surface area contributed by atoms with Gasteiger partial charge in [-0.1, -0.05) is 24.9 Å². The zero-order chi connectivity index (χ0) is 18.4. The molecule has 1 saturated heterocycles. The van der Waals surface area contributed by atoms with Crippen LogP contribution in [0.25, 0.3) is 0 Å². The summed E-state index contributed by atoms with van der Waals surface area (Å²) in [4.78, 5) is 26.1. The smallest absolute Gasteiger partial charge is 0.271 e. The fourth-order valence-electron chi connectivity index (χ4n) is 2.61. The standard InChI is InChI=1S/C16H21ClN4O3S/c1-2-3-4-15(22)18-16(25)20-9-7-19(8-10-20)14-6-5-12(21(23)24)11-13(14)17/h5-6,11H,2-4,7-10H2,1H3,(H,18,22,25). The minimum atomic E-state index is -0.465. The highest BCUT2D eigenvalue weighted by atomic mass is 35.5. The van der Waals surface area contributed by atoms with Gasteiger partial charge in [-0.05, 0) is 24.7 Å². The van der Waals surface area contributed by atoms with Crippen LogP contribution in [0, 0.1) is 10.1 Å². The molecule has 0 aliphatic carbocycles. The summed E-state index contributed by atoms with van der Waals surface area (Å²) in [5.41, 5.74) is 0.744. The maximum Gasteiger partial charge on any atom is 0.271 e. The van der Waals surface area contributed by atoms with Crippen molar-refractivity contribution in [2.24, 2.45) is 0 Å². The lowest BCUT2D eigenvalue weighted by Gasteiger charge is -2.37. The minimum absolute atomic E-state index is 0.0247. The molecule has 0 bridgehead atoms. The molecule has 1 amide bonds. The summed E-state index contributed by atoms with van der Waals surface area (Å²) in [6.45, 7) is 4.68. The number of nitro groups is 1. The van der Waals surface area contributed by atoms with Gasteiger partial charge in [0.25, 0.3) is 5.69 Å². The van der Waals surface area contributed by atoms with Gasteiger partial charge in [0.15, 0.2) is 5.11 Å². The van der Waals surface area contributed by atoms with Gasteiger partial charge in [-0.2, -0.15) is 0 Å². The van der Waals surface area contributed by atoms with Crippen molar-refractivity contribution in [1.29, 1.82) is 0 Å². The summed E-state index contributed by atoms with van der Waals surface area (Å²) in [5, 5.41) is 14.4. The van der Waals surface area contributed by atoms with E-state index in [1.165, 1.54) is 12.1 Å². The first-order chi connectivity index (χ1) is 11.9. The van der Waals surface area contributed by atoms with E-state index in [-0.39, 0.29) is 11.6 Å². The number of unbranched alkanes of at least 4 members (excludes halogenated alkanes) is 1. The van der Waals surface area contributed by atoms with Gasteiger partial charge in [-0.3, -0.25) is 14.9 Å². The number of carbonyl (C=O) groups is 1. The number of nitrogens with zero attached hydrogens (tertiary/aromatic N) is 3. The molecule has 1 aromatic rings. The second-order valence-electron chi connectivity index (χ2n) is 5.82. The minimum Gasteiger partial charge on any atom is -0.367 e. The first-order valence-electron chi connectivity index (χ1n) is 8.20. The Labute approximate surface area is 157 Å². The van der Waals surface area contributed by atoms with E-state index < -0.39 is 4.92 Å². The normalized spacial score (nSPS) is 14.3. The van der Waals surface area contributed by atoms with Gasteiger partial charge in [0.1, 0.15) is 0 Å². The highest BCUT2D eigenvalue weighted by molar-refractivity contribution is 7.80. The zero-order valence-electron chi connectivity index (χ0n) is 14.0. The topological polar surface area (TPSA) is 78.7 Å². The van der Waals surface area contributed by atoms with E-state index >= 15 is 0 Å². The molecule has 0 unspecified atom stereocenters. The number of benzene rings is 1. The van der Waals surface area contributed by atoms with Crippen molar-refractivity contribution in [3.05, 3.63) is 33.3 Å². The van der Waals surface area contributed by atoms with Crippen LogP contribution in [0.3, 0.4) is 0 Å². The fourth-order valence-corrected chi connectivity index (χ4v) is 3.21. The summed E-state index contributed by atoms with van der Waals surface area (Å²) >= 11 is 11.5. The third kappa shape index (κ3) is 5.27. The maximum atomic E-state index is 11.8. The number of piperazine rings is 1. The summed E-state index contributed by atoms with van der Waals surface area (Å²) in [5.74, 6) is -0.0484. The van der Waals surface area contributed by atoms with Crippen LogP contribution in [0.5, 0.6) is 0 Å². The van der Waals surface area contributed by atoms with Crippen molar-refractivity contribution in [1.82, 2.24) is 10.2 Å². The molecule has 9 heteroatoms. The SMILES string of the molecule is CCCCC(=O)NC(=S)N1CCN(c2ccc([N+](=O)[O-])cc2Cl)CC1. The Morgan fingerprint density at radius 3 is 2.60 bits per heavy atom. The average molecular weight is 385 g/mol. The highest BCUT2D eigenvalue weighted by Crippen LogP contribution is 2.30. The molecule has 0 radical (unpaired) electrons. The Morgan fingerprint density at radius 2 is 2.04 bits per heavy atom. The van der Waals surface area contributed by atoms with Crippen LogP contribution in [0.2, 0.25) is 5.02 Å². The molecular weight excluding hydrogens is 364 g/mol.